The van der Waals surface area contributed by atoms with Crippen LogP contribution in [0.25, 0.3) is 10.9 Å². The van der Waals surface area contributed by atoms with Gasteiger partial charge in [-0.1, -0.05) is 49.4 Å². The van der Waals surface area contributed by atoms with E-state index in [2.05, 4.69) is 29.4 Å². The van der Waals surface area contributed by atoms with Crippen molar-refractivity contribution in [3.63, 3.8) is 0 Å². The zero-order valence-corrected chi connectivity index (χ0v) is 12.0. The van der Waals surface area contributed by atoms with Crippen molar-refractivity contribution in [2.45, 2.75) is 12.8 Å². The second-order valence-electron chi connectivity index (χ2n) is 5.27. The van der Waals surface area contributed by atoms with Gasteiger partial charge in [-0.05, 0) is 23.6 Å². The molecule has 1 aromatic heterocycles. The summed E-state index contributed by atoms with van der Waals surface area (Å²) >= 11 is 0. The number of para-hydroxylation sites is 1. The first-order chi connectivity index (χ1) is 10.3. The maximum atomic E-state index is 12.4. The van der Waals surface area contributed by atoms with Crippen LogP contribution in [0.2, 0.25) is 0 Å². The summed E-state index contributed by atoms with van der Waals surface area (Å²) in [6.45, 7) is 2.74. The van der Waals surface area contributed by atoms with Crippen LogP contribution in [0, 0.1) is 0 Å². The van der Waals surface area contributed by atoms with E-state index in [-0.39, 0.29) is 11.8 Å². The molecule has 0 radical (unpaired) electrons. The minimum absolute atomic E-state index is 0.0363. The number of hydrogen-bond donors (Lipinski definition) is 2. The fraction of sp³-hybridized carbons (Fsp3) is 0.167. The maximum absolute atomic E-state index is 12.4. The predicted molar refractivity (Wildman–Crippen MR) is 85.5 cm³/mol. The average molecular weight is 278 g/mol. The lowest BCUT2D eigenvalue weighted by Crippen LogP contribution is -2.27. The molecule has 0 fully saturated rings. The molecule has 0 saturated carbocycles. The highest BCUT2D eigenvalue weighted by Crippen LogP contribution is 2.17. The molecule has 3 rings (SSSR count). The Balaban J connectivity index is 1.71. The van der Waals surface area contributed by atoms with Crippen molar-refractivity contribution in [1.29, 1.82) is 0 Å². The Morgan fingerprint density at radius 3 is 2.71 bits per heavy atom. The van der Waals surface area contributed by atoms with Crippen LogP contribution in [0.1, 0.15) is 28.8 Å². The molecule has 1 heterocycles. The summed E-state index contributed by atoms with van der Waals surface area (Å²) in [6, 6.07) is 17.9. The lowest BCUT2D eigenvalue weighted by atomic mass is 10.0. The van der Waals surface area contributed by atoms with Gasteiger partial charge in [0, 0.05) is 18.1 Å². The van der Waals surface area contributed by atoms with E-state index in [1.165, 1.54) is 5.56 Å². The van der Waals surface area contributed by atoms with Gasteiger partial charge in [0.2, 0.25) is 0 Å². The first-order valence-electron chi connectivity index (χ1n) is 7.15. The summed E-state index contributed by atoms with van der Waals surface area (Å²) in [7, 11) is 0. The van der Waals surface area contributed by atoms with E-state index in [4.69, 9.17) is 0 Å². The zero-order valence-electron chi connectivity index (χ0n) is 12.0. The van der Waals surface area contributed by atoms with Crippen molar-refractivity contribution in [1.82, 2.24) is 10.3 Å². The highest BCUT2D eigenvalue weighted by Gasteiger charge is 2.12. The van der Waals surface area contributed by atoms with Gasteiger partial charge in [0.25, 0.3) is 5.91 Å². The fourth-order valence-electron chi connectivity index (χ4n) is 2.51. The molecule has 106 valence electrons. The van der Waals surface area contributed by atoms with Crippen LogP contribution in [0.4, 0.5) is 0 Å². The molecule has 3 heteroatoms. The first-order valence-corrected chi connectivity index (χ1v) is 7.15. The van der Waals surface area contributed by atoms with Gasteiger partial charge < -0.3 is 10.3 Å². The Kier molecular flexibility index (Phi) is 3.73. The third-order valence-electron chi connectivity index (χ3n) is 3.77. The van der Waals surface area contributed by atoms with Gasteiger partial charge in [-0.15, -0.1) is 0 Å². The largest absolute Gasteiger partial charge is 0.361 e. The number of aromatic amines is 1. The number of rotatable bonds is 4. The molecule has 2 N–H and O–H groups in total. The molecular weight excluding hydrogens is 260 g/mol. The van der Waals surface area contributed by atoms with Gasteiger partial charge in [0.05, 0.1) is 11.1 Å². The van der Waals surface area contributed by atoms with Gasteiger partial charge in [0.1, 0.15) is 0 Å². The first kappa shape index (κ1) is 13.4. The maximum Gasteiger partial charge on any atom is 0.253 e. The molecule has 2 aromatic carbocycles. The second-order valence-corrected chi connectivity index (χ2v) is 5.27. The van der Waals surface area contributed by atoms with Gasteiger partial charge in [-0.25, -0.2) is 0 Å². The summed E-state index contributed by atoms with van der Waals surface area (Å²) in [4.78, 5) is 15.5. The summed E-state index contributed by atoms with van der Waals surface area (Å²) in [6.07, 6.45) is 1.86. The predicted octanol–water partition coefficient (Wildman–Crippen LogP) is 3.70. The minimum atomic E-state index is -0.0363. The zero-order chi connectivity index (χ0) is 14.7. The Bertz CT molecular complexity index is 746. The highest BCUT2D eigenvalue weighted by molar-refractivity contribution is 6.05. The van der Waals surface area contributed by atoms with Crippen molar-refractivity contribution in [3.8, 4) is 0 Å². The van der Waals surface area contributed by atoms with Crippen molar-refractivity contribution < 1.29 is 4.79 Å². The van der Waals surface area contributed by atoms with Gasteiger partial charge >= 0.3 is 0 Å². The molecule has 1 atom stereocenters. The molecule has 0 bridgehead atoms. The SMILES string of the molecule is CC(CNC(=O)c1cccc2cc[nH]c12)c1ccccc1. The highest BCUT2D eigenvalue weighted by atomic mass is 16.1. The van der Waals surface area contributed by atoms with Crippen LogP contribution < -0.4 is 5.32 Å². The Hall–Kier alpha value is -2.55. The monoisotopic (exact) mass is 278 g/mol. The van der Waals surface area contributed by atoms with Crippen LogP contribution in [-0.4, -0.2) is 17.4 Å². The number of H-pyrrole nitrogens is 1. The molecule has 0 aliphatic carbocycles. The van der Waals surface area contributed by atoms with E-state index in [9.17, 15) is 4.79 Å². The second kappa shape index (κ2) is 5.83. The summed E-state index contributed by atoms with van der Waals surface area (Å²) in [5.41, 5.74) is 2.82. The number of aromatic nitrogens is 1. The van der Waals surface area contributed by atoms with E-state index in [1.807, 2.05) is 48.7 Å². The lowest BCUT2D eigenvalue weighted by Gasteiger charge is -2.13. The molecule has 1 amide bonds. The van der Waals surface area contributed by atoms with Crippen LogP contribution in [0.5, 0.6) is 0 Å². The van der Waals surface area contributed by atoms with E-state index >= 15 is 0 Å². The van der Waals surface area contributed by atoms with E-state index < -0.39 is 0 Å². The molecule has 3 nitrogen and oxygen atoms in total. The van der Waals surface area contributed by atoms with Crippen molar-refractivity contribution in [2.75, 3.05) is 6.54 Å². The lowest BCUT2D eigenvalue weighted by molar-refractivity contribution is 0.0953. The quantitative estimate of drug-likeness (QED) is 0.751. The molecule has 0 saturated heterocycles. The van der Waals surface area contributed by atoms with E-state index in [0.717, 1.165) is 10.9 Å². The number of carbonyl (C=O) groups is 1. The number of nitrogens with one attached hydrogen (secondary N) is 2. The average Bonchev–Trinajstić information content (AvgIpc) is 3.01. The minimum Gasteiger partial charge on any atom is -0.361 e. The van der Waals surface area contributed by atoms with Gasteiger partial charge in [-0.3, -0.25) is 4.79 Å². The number of fused-ring (bicyclic) bond motifs is 1. The van der Waals surface area contributed by atoms with Crippen LogP contribution >= 0.6 is 0 Å². The van der Waals surface area contributed by atoms with Crippen molar-refractivity contribution >= 4 is 16.8 Å². The summed E-state index contributed by atoms with van der Waals surface area (Å²) < 4.78 is 0. The fourth-order valence-corrected chi connectivity index (χ4v) is 2.51. The summed E-state index contributed by atoms with van der Waals surface area (Å²) in [5, 5.41) is 4.07. The van der Waals surface area contributed by atoms with Crippen molar-refractivity contribution in [3.05, 3.63) is 71.9 Å². The van der Waals surface area contributed by atoms with Crippen LogP contribution in [0.3, 0.4) is 0 Å². The van der Waals surface area contributed by atoms with E-state index in [1.54, 1.807) is 0 Å². The van der Waals surface area contributed by atoms with E-state index in [0.29, 0.717) is 12.1 Å². The number of hydrogen-bond acceptors (Lipinski definition) is 1. The molecule has 0 aliphatic rings. The Morgan fingerprint density at radius 2 is 1.90 bits per heavy atom. The molecule has 0 aliphatic heterocycles. The number of carbonyl (C=O) groups excluding carboxylic acids is 1. The molecule has 3 aromatic rings. The normalized spacial score (nSPS) is 12.2. The van der Waals surface area contributed by atoms with Gasteiger partial charge in [0.15, 0.2) is 0 Å². The Labute approximate surface area is 124 Å². The summed E-state index contributed by atoms with van der Waals surface area (Å²) in [5.74, 6) is 0.254. The smallest absolute Gasteiger partial charge is 0.253 e. The molecule has 0 spiro atoms. The van der Waals surface area contributed by atoms with Crippen molar-refractivity contribution in [2.24, 2.45) is 0 Å². The van der Waals surface area contributed by atoms with Crippen LogP contribution in [0.15, 0.2) is 60.8 Å². The molecule has 21 heavy (non-hydrogen) atoms. The standard InChI is InChI=1S/C18H18N2O/c1-13(14-6-3-2-4-7-14)12-20-18(21)16-9-5-8-15-10-11-19-17(15)16/h2-11,13,19H,12H2,1H3,(H,20,21). The Morgan fingerprint density at radius 1 is 1.10 bits per heavy atom. The molecule has 1 unspecified atom stereocenters. The van der Waals surface area contributed by atoms with Gasteiger partial charge in [-0.2, -0.15) is 0 Å². The number of amides is 1. The number of benzene rings is 2. The third kappa shape index (κ3) is 2.82. The van der Waals surface area contributed by atoms with Crippen LogP contribution in [-0.2, 0) is 0 Å². The topological polar surface area (TPSA) is 44.9 Å². The molecular formula is C18H18N2O. The third-order valence-corrected chi connectivity index (χ3v) is 3.77.